The fourth-order valence-corrected chi connectivity index (χ4v) is 3.89. The summed E-state index contributed by atoms with van der Waals surface area (Å²) in [5.74, 6) is -0.116. The zero-order valence-corrected chi connectivity index (χ0v) is 19.4. The van der Waals surface area contributed by atoms with Crippen molar-refractivity contribution in [1.82, 2.24) is 15.2 Å². The molecule has 30 heavy (non-hydrogen) atoms. The van der Waals surface area contributed by atoms with E-state index in [4.69, 9.17) is 0 Å². The summed E-state index contributed by atoms with van der Waals surface area (Å²) < 4.78 is 0. The number of carbonyl (C=O) groups excluding carboxylic acids is 2. The van der Waals surface area contributed by atoms with Crippen LogP contribution in [-0.4, -0.2) is 34.8 Å². The highest BCUT2D eigenvalue weighted by Gasteiger charge is 2.18. The quantitative estimate of drug-likeness (QED) is 0.430. The molecule has 0 aliphatic heterocycles. The lowest BCUT2D eigenvalue weighted by molar-refractivity contribution is 0.0740. The van der Waals surface area contributed by atoms with Crippen molar-refractivity contribution in [2.75, 3.05) is 13.1 Å². The van der Waals surface area contributed by atoms with Gasteiger partial charge in [0.25, 0.3) is 11.8 Å². The number of amides is 2. The van der Waals surface area contributed by atoms with Crippen LogP contribution in [0.2, 0.25) is 0 Å². The summed E-state index contributed by atoms with van der Waals surface area (Å²) in [4.78, 5) is 31.6. The number of hydrogen-bond donors (Lipinski definition) is 1. The van der Waals surface area contributed by atoms with Crippen molar-refractivity contribution >= 4 is 23.2 Å². The van der Waals surface area contributed by atoms with Crippen LogP contribution in [0.15, 0.2) is 29.6 Å². The molecule has 0 saturated carbocycles. The monoisotopic (exact) mass is 429 g/mol. The third-order valence-electron chi connectivity index (χ3n) is 5.02. The van der Waals surface area contributed by atoms with Gasteiger partial charge in [-0.3, -0.25) is 9.59 Å². The van der Waals surface area contributed by atoms with E-state index >= 15 is 0 Å². The van der Waals surface area contributed by atoms with E-state index in [1.807, 2.05) is 17.0 Å². The van der Waals surface area contributed by atoms with Gasteiger partial charge in [-0.2, -0.15) is 0 Å². The van der Waals surface area contributed by atoms with Crippen LogP contribution in [0.1, 0.15) is 90.7 Å². The third kappa shape index (κ3) is 7.56. The lowest BCUT2D eigenvalue weighted by atomic mass is 10.1. The van der Waals surface area contributed by atoms with E-state index in [2.05, 4.69) is 43.2 Å². The molecule has 1 heterocycles. The first-order valence-electron chi connectivity index (χ1n) is 11.2. The smallest absolute Gasteiger partial charge is 0.270 e. The first-order valence-corrected chi connectivity index (χ1v) is 12.1. The maximum Gasteiger partial charge on any atom is 0.270 e. The second-order valence-electron chi connectivity index (χ2n) is 7.62. The molecular weight excluding hydrogens is 394 g/mol. The Bertz CT molecular complexity index is 786. The predicted molar refractivity (Wildman–Crippen MR) is 124 cm³/mol. The Morgan fingerprint density at radius 3 is 2.37 bits per heavy atom. The van der Waals surface area contributed by atoms with Gasteiger partial charge < -0.3 is 10.2 Å². The van der Waals surface area contributed by atoms with Crippen LogP contribution in [0.3, 0.4) is 0 Å². The molecule has 1 N–H and O–H groups in total. The lowest BCUT2D eigenvalue weighted by Gasteiger charge is -2.21. The Kier molecular flexibility index (Phi) is 10.6. The van der Waals surface area contributed by atoms with Crippen LogP contribution in [0.25, 0.3) is 0 Å². The summed E-state index contributed by atoms with van der Waals surface area (Å²) >= 11 is 1.44. The first kappa shape index (κ1) is 24.1. The summed E-state index contributed by atoms with van der Waals surface area (Å²) in [7, 11) is 0. The Labute approximate surface area is 184 Å². The second kappa shape index (κ2) is 13.2. The number of nitrogens with one attached hydrogen (secondary N) is 1. The van der Waals surface area contributed by atoms with Crippen molar-refractivity contribution in [2.45, 2.75) is 72.3 Å². The van der Waals surface area contributed by atoms with E-state index in [9.17, 15) is 9.59 Å². The van der Waals surface area contributed by atoms with Crippen LogP contribution in [0.4, 0.5) is 0 Å². The van der Waals surface area contributed by atoms with Crippen LogP contribution in [0.5, 0.6) is 0 Å². The summed E-state index contributed by atoms with van der Waals surface area (Å²) in [6, 6.07) is 7.98. The average molecular weight is 430 g/mol. The van der Waals surface area contributed by atoms with Crippen molar-refractivity contribution in [3.63, 3.8) is 0 Å². The van der Waals surface area contributed by atoms with Gasteiger partial charge in [-0.25, -0.2) is 4.98 Å². The molecule has 2 rings (SSSR count). The number of aryl methyl sites for hydroxylation is 1. The molecule has 0 fully saturated rings. The van der Waals surface area contributed by atoms with Gasteiger partial charge >= 0.3 is 0 Å². The Hall–Kier alpha value is -2.21. The number of aromatic nitrogens is 1. The molecule has 2 amide bonds. The highest BCUT2D eigenvalue weighted by Crippen LogP contribution is 2.17. The molecule has 0 aliphatic rings. The first-order chi connectivity index (χ1) is 14.6. The highest BCUT2D eigenvalue weighted by molar-refractivity contribution is 7.09. The van der Waals surface area contributed by atoms with Crippen molar-refractivity contribution in [1.29, 1.82) is 0 Å². The average Bonchev–Trinajstić information content (AvgIpc) is 3.24. The molecule has 0 radical (unpaired) electrons. The van der Waals surface area contributed by atoms with Crippen molar-refractivity contribution in [3.05, 3.63) is 51.5 Å². The van der Waals surface area contributed by atoms with E-state index in [1.165, 1.54) is 16.9 Å². The summed E-state index contributed by atoms with van der Waals surface area (Å²) in [6.07, 6.45) is 7.33. The van der Waals surface area contributed by atoms with Crippen LogP contribution < -0.4 is 5.32 Å². The molecule has 6 heteroatoms. The zero-order valence-electron chi connectivity index (χ0n) is 18.6. The van der Waals surface area contributed by atoms with Gasteiger partial charge in [-0.05, 0) is 43.4 Å². The number of unbranched alkanes of at least 4 members (excludes halogenated alkanes) is 3. The van der Waals surface area contributed by atoms with Crippen LogP contribution in [-0.2, 0) is 13.0 Å². The largest absolute Gasteiger partial charge is 0.351 e. The lowest BCUT2D eigenvalue weighted by Crippen LogP contribution is -2.31. The number of rotatable bonds is 13. The number of nitrogens with zero attached hydrogens (tertiary/aromatic N) is 2. The van der Waals surface area contributed by atoms with E-state index < -0.39 is 0 Å². The molecule has 0 unspecified atom stereocenters. The van der Waals surface area contributed by atoms with Crippen molar-refractivity contribution < 1.29 is 9.59 Å². The Morgan fingerprint density at radius 1 is 1.00 bits per heavy atom. The van der Waals surface area contributed by atoms with Gasteiger partial charge in [-0.15, -0.1) is 11.3 Å². The molecule has 1 aromatic carbocycles. The van der Waals surface area contributed by atoms with Gasteiger partial charge in [0, 0.05) is 24.0 Å². The minimum Gasteiger partial charge on any atom is -0.351 e. The molecule has 164 valence electrons. The number of thiazole rings is 1. The summed E-state index contributed by atoms with van der Waals surface area (Å²) in [6.45, 7) is 8.18. The maximum atomic E-state index is 13.1. The van der Waals surface area contributed by atoms with Gasteiger partial charge in [0.15, 0.2) is 0 Å². The molecule has 0 aliphatic carbocycles. The number of benzene rings is 1. The normalized spacial score (nSPS) is 10.8. The van der Waals surface area contributed by atoms with E-state index in [1.54, 1.807) is 5.38 Å². The molecule has 0 atom stereocenters. The van der Waals surface area contributed by atoms with Crippen molar-refractivity contribution in [2.24, 2.45) is 0 Å². The van der Waals surface area contributed by atoms with Crippen molar-refractivity contribution in [3.8, 4) is 0 Å². The molecule has 0 bridgehead atoms. The van der Waals surface area contributed by atoms with E-state index in [-0.39, 0.29) is 11.8 Å². The summed E-state index contributed by atoms with van der Waals surface area (Å²) in [5, 5.41) is 5.46. The van der Waals surface area contributed by atoms with Crippen LogP contribution in [0, 0.1) is 0 Å². The van der Waals surface area contributed by atoms with E-state index in [0.717, 1.165) is 50.0 Å². The van der Waals surface area contributed by atoms with E-state index in [0.29, 0.717) is 30.9 Å². The zero-order chi connectivity index (χ0) is 21.8. The standard InChI is InChI=1S/C24H35N3O2S/c1-4-7-10-19-11-13-20(14-12-19)24(29)27(16-9-6-3)17-22-26-21(18-30-22)23(28)25-15-8-5-2/h11-14,18H,4-10,15-17H2,1-3H3,(H,25,28). The maximum absolute atomic E-state index is 13.1. The molecule has 2 aromatic rings. The second-order valence-corrected chi connectivity index (χ2v) is 8.56. The number of hydrogen-bond acceptors (Lipinski definition) is 4. The molecule has 1 aromatic heterocycles. The SMILES string of the molecule is CCCCNC(=O)c1csc(CN(CCCC)C(=O)c2ccc(CCCC)cc2)n1. The molecular formula is C24H35N3O2S. The minimum absolute atomic E-state index is 0.0228. The molecule has 5 nitrogen and oxygen atoms in total. The topological polar surface area (TPSA) is 62.3 Å². The highest BCUT2D eigenvalue weighted by atomic mass is 32.1. The van der Waals surface area contributed by atoms with Gasteiger partial charge in [0.2, 0.25) is 0 Å². The molecule has 0 saturated heterocycles. The van der Waals surface area contributed by atoms with Gasteiger partial charge in [0.05, 0.1) is 6.54 Å². The third-order valence-corrected chi connectivity index (χ3v) is 5.85. The summed E-state index contributed by atoms with van der Waals surface area (Å²) in [5.41, 5.74) is 2.42. The minimum atomic E-state index is -0.139. The van der Waals surface area contributed by atoms with Gasteiger partial charge in [-0.1, -0.05) is 52.2 Å². The fourth-order valence-electron chi connectivity index (χ4n) is 3.10. The Balaban J connectivity index is 2.04. The molecule has 0 spiro atoms. The van der Waals surface area contributed by atoms with Gasteiger partial charge in [0.1, 0.15) is 10.7 Å². The fraction of sp³-hybridized carbons (Fsp3) is 0.542. The number of carbonyl (C=O) groups is 2. The predicted octanol–water partition coefficient (Wildman–Crippen LogP) is 5.46. The Morgan fingerprint density at radius 2 is 1.70 bits per heavy atom. The van der Waals surface area contributed by atoms with Crippen LogP contribution >= 0.6 is 11.3 Å².